The molecular formula is H5N3O10Sc. The van der Waals surface area contributed by atoms with E-state index in [0.717, 1.165) is 0 Å². The minimum atomic E-state index is -1.50. The fourth-order valence-electron chi connectivity index (χ4n) is 0. The maximum Gasteiger partial charge on any atom is 0.291 e. The summed E-state index contributed by atoms with van der Waals surface area (Å²) in [5, 5.41) is 40.9. The van der Waals surface area contributed by atoms with Gasteiger partial charge in [-0.15, -0.1) is 30.3 Å². The van der Waals surface area contributed by atoms with Crippen molar-refractivity contribution in [2.75, 3.05) is 0 Å². The zero-order valence-corrected chi connectivity index (χ0v) is 8.01. The average molecular weight is 252 g/mol. The molecule has 13 nitrogen and oxygen atoms in total. The third kappa shape index (κ3) is 376. The molecule has 83 valence electrons. The van der Waals surface area contributed by atoms with E-state index >= 15 is 0 Å². The van der Waals surface area contributed by atoms with Crippen molar-refractivity contribution in [2.45, 2.75) is 0 Å². The normalized spacial score (nSPS) is 5.14. The van der Waals surface area contributed by atoms with Crippen molar-refractivity contribution in [1.82, 2.24) is 0 Å². The van der Waals surface area contributed by atoms with Crippen LogP contribution in [0.25, 0.3) is 0 Å². The van der Waals surface area contributed by atoms with E-state index in [9.17, 15) is 0 Å². The molecule has 0 aromatic carbocycles. The van der Waals surface area contributed by atoms with Gasteiger partial charge in [0.1, 0.15) is 0 Å². The molecule has 0 aliphatic heterocycles. The molecule has 0 saturated heterocycles. The summed E-state index contributed by atoms with van der Waals surface area (Å²) in [6.07, 6.45) is 0. The number of hydrogen-bond donors (Lipinski definition) is 3. The summed E-state index contributed by atoms with van der Waals surface area (Å²) in [6, 6.07) is 0. The molecule has 0 amide bonds. The molecule has 0 fully saturated rings. The Labute approximate surface area is 93.0 Å². The van der Waals surface area contributed by atoms with Gasteiger partial charge in [-0.05, 0) is 0 Å². The molecule has 0 aromatic heterocycles. The van der Waals surface area contributed by atoms with Crippen LogP contribution in [0.3, 0.4) is 0 Å². The molecule has 0 aliphatic carbocycles. The van der Waals surface area contributed by atoms with Crippen LogP contribution in [0.1, 0.15) is 0 Å². The van der Waals surface area contributed by atoms with E-state index in [-0.39, 0.29) is 31.3 Å². The van der Waals surface area contributed by atoms with Gasteiger partial charge in [-0.1, -0.05) is 0 Å². The summed E-state index contributed by atoms with van der Waals surface area (Å²) in [5.41, 5.74) is 0. The van der Waals surface area contributed by atoms with Crippen LogP contribution in [-0.4, -0.2) is 36.4 Å². The molecule has 0 heterocycles. The third-order valence-electron chi connectivity index (χ3n) is 0. The Balaban J connectivity index is -0.0000000270. The Morgan fingerprint density at radius 2 is 0.714 bits per heavy atom. The average Bonchev–Trinajstić information content (AvgIpc) is 1.54. The Kier molecular flexibility index (Phi) is 47.3. The second kappa shape index (κ2) is 22.5. The SMILES string of the molecule is O.O=[N+]([O-])O.O=[N+]([O-])O.O=[N+]([O-])O.[Sc]. The molecule has 0 spiro atoms. The third-order valence-corrected chi connectivity index (χ3v) is 0. The molecule has 0 aliphatic rings. The van der Waals surface area contributed by atoms with Gasteiger partial charge in [0.25, 0.3) is 15.3 Å². The van der Waals surface area contributed by atoms with Gasteiger partial charge in [-0.3, -0.25) is 0 Å². The first-order valence-electron chi connectivity index (χ1n) is 1.70. The zero-order valence-electron chi connectivity index (χ0n) is 6.21. The summed E-state index contributed by atoms with van der Waals surface area (Å²) in [4.78, 5) is 25.1. The van der Waals surface area contributed by atoms with Crippen LogP contribution in [0.2, 0.25) is 0 Å². The Hall–Kier alpha value is -1.57. The van der Waals surface area contributed by atoms with Gasteiger partial charge in [0, 0.05) is 25.8 Å². The fraction of sp³-hybridized carbons (Fsp3) is 0. The number of rotatable bonds is 0. The predicted molar refractivity (Wildman–Crippen MR) is 30.0 cm³/mol. The Bertz CT molecular complexity index is 113. The van der Waals surface area contributed by atoms with E-state index in [1.807, 2.05) is 0 Å². The van der Waals surface area contributed by atoms with Gasteiger partial charge in [0.2, 0.25) is 0 Å². The van der Waals surface area contributed by atoms with Crippen molar-refractivity contribution < 1.29 is 62.2 Å². The predicted octanol–water partition coefficient (Wildman–Crippen LogP) is -1.87. The first-order valence-corrected chi connectivity index (χ1v) is 1.70. The molecule has 0 saturated carbocycles. The minimum absolute atomic E-state index is 0. The zero-order chi connectivity index (χ0) is 10.7. The van der Waals surface area contributed by atoms with Crippen molar-refractivity contribution in [3.63, 3.8) is 0 Å². The molecule has 0 bridgehead atoms. The summed E-state index contributed by atoms with van der Waals surface area (Å²) >= 11 is 0. The molecule has 0 aromatic rings. The Morgan fingerprint density at radius 3 is 0.714 bits per heavy atom. The van der Waals surface area contributed by atoms with Crippen molar-refractivity contribution in [2.24, 2.45) is 0 Å². The number of nitrogens with zero attached hydrogens (tertiary/aromatic N) is 3. The molecule has 1 radical (unpaired) electrons. The van der Waals surface area contributed by atoms with Crippen molar-refractivity contribution in [3.05, 3.63) is 30.3 Å². The van der Waals surface area contributed by atoms with E-state index in [1.54, 1.807) is 0 Å². The van der Waals surface area contributed by atoms with Crippen LogP contribution in [-0.2, 0) is 25.8 Å². The van der Waals surface area contributed by atoms with Gasteiger partial charge >= 0.3 is 0 Å². The van der Waals surface area contributed by atoms with Crippen LogP contribution < -0.4 is 0 Å². The van der Waals surface area contributed by atoms with Crippen molar-refractivity contribution >= 4 is 0 Å². The fourth-order valence-corrected chi connectivity index (χ4v) is 0. The van der Waals surface area contributed by atoms with Crippen LogP contribution >= 0.6 is 0 Å². The first kappa shape index (κ1) is 29.4. The Morgan fingerprint density at radius 1 is 0.714 bits per heavy atom. The van der Waals surface area contributed by atoms with Crippen LogP contribution in [0.4, 0.5) is 0 Å². The van der Waals surface area contributed by atoms with Gasteiger partial charge in [-0.25, -0.2) is 0 Å². The van der Waals surface area contributed by atoms with Gasteiger partial charge in [0.15, 0.2) is 0 Å². The maximum atomic E-state index is 8.36. The molecule has 5 N–H and O–H groups in total. The van der Waals surface area contributed by atoms with Crippen LogP contribution in [0.5, 0.6) is 0 Å². The second-order valence-corrected chi connectivity index (χ2v) is 0.714. The number of hydrogen-bond acceptors (Lipinski definition) is 6. The van der Waals surface area contributed by atoms with E-state index < -0.39 is 15.3 Å². The van der Waals surface area contributed by atoms with Crippen LogP contribution in [0, 0.1) is 30.3 Å². The van der Waals surface area contributed by atoms with Gasteiger partial charge < -0.3 is 21.1 Å². The largest absolute Gasteiger partial charge is 0.412 e. The summed E-state index contributed by atoms with van der Waals surface area (Å²) in [7, 11) is 0. The summed E-state index contributed by atoms with van der Waals surface area (Å²) in [5.74, 6) is 0. The van der Waals surface area contributed by atoms with Gasteiger partial charge in [0.05, 0.1) is 0 Å². The molecule has 0 atom stereocenters. The van der Waals surface area contributed by atoms with Gasteiger partial charge in [-0.2, -0.15) is 0 Å². The summed E-state index contributed by atoms with van der Waals surface area (Å²) < 4.78 is 0. The molecule has 0 rings (SSSR count). The monoisotopic (exact) mass is 252 g/mol. The van der Waals surface area contributed by atoms with E-state index in [1.165, 1.54) is 0 Å². The van der Waals surface area contributed by atoms with E-state index in [2.05, 4.69) is 0 Å². The second-order valence-electron chi connectivity index (χ2n) is 0.714. The smallest absolute Gasteiger partial charge is 0.291 e. The minimum Gasteiger partial charge on any atom is -0.412 e. The maximum absolute atomic E-state index is 8.36. The van der Waals surface area contributed by atoms with Crippen molar-refractivity contribution in [3.8, 4) is 0 Å². The first-order chi connectivity index (χ1) is 5.20. The standard InChI is InChI=1S/3HNO3.H2O.Sc/c3*2-1(3)4;;/h3*(H,2,3,4);1H2;. The molecule has 14 heteroatoms. The van der Waals surface area contributed by atoms with E-state index in [0.29, 0.717) is 0 Å². The molecule has 14 heavy (non-hydrogen) atoms. The summed E-state index contributed by atoms with van der Waals surface area (Å²) in [6.45, 7) is 0. The van der Waals surface area contributed by atoms with E-state index in [4.69, 9.17) is 46.0 Å². The molecule has 0 unspecified atom stereocenters. The van der Waals surface area contributed by atoms with Crippen molar-refractivity contribution in [1.29, 1.82) is 0 Å². The topological polar surface area (TPSA) is 222 Å². The quantitative estimate of drug-likeness (QED) is 0.323. The van der Waals surface area contributed by atoms with Crippen LogP contribution in [0.15, 0.2) is 0 Å². The molecular weight excluding hydrogens is 247 g/mol.